The maximum Gasteiger partial charge on any atom is 0.306 e. The lowest BCUT2D eigenvalue weighted by Crippen LogP contribution is -2.18. The van der Waals surface area contributed by atoms with Crippen LogP contribution in [-0.2, 0) is 14.6 Å². The summed E-state index contributed by atoms with van der Waals surface area (Å²) in [5.41, 5.74) is 0. The lowest BCUT2D eigenvalue weighted by atomic mass is 9.99. The number of carboxylic acid groups (broad SMARTS) is 1. The quantitative estimate of drug-likeness (QED) is 0.715. The summed E-state index contributed by atoms with van der Waals surface area (Å²) < 4.78 is 22.3. The largest absolute Gasteiger partial charge is 0.481 e. The van der Waals surface area contributed by atoms with Crippen LogP contribution < -0.4 is 0 Å². The molecule has 1 aliphatic rings. The van der Waals surface area contributed by atoms with E-state index in [2.05, 4.69) is 0 Å². The van der Waals surface area contributed by atoms with E-state index in [1.807, 2.05) is 0 Å². The molecule has 0 amide bonds. The van der Waals surface area contributed by atoms with Gasteiger partial charge in [-0.15, -0.1) is 0 Å². The Morgan fingerprint density at radius 1 is 1.38 bits per heavy atom. The van der Waals surface area contributed by atoms with Gasteiger partial charge in [-0.25, -0.2) is 8.42 Å². The van der Waals surface area contributed by atoms with E-state index in [1.165, 1.54) is 6.26 Å². The first-order chi connectivity index (χ1) is 5.82. The van der Waals surface area contributed by atoms with Crippen LogP contribution in [0.4, 0.5) is 0 Å². The Morgan fingerprint density at radius 2 is 1.92 bits per heavy atom. The Balaban J connectivity index is 2.77. The number of carbonyl (C=O) groups is 1. The molecule has 0 aliphatic heterocycles. The van der Waals surface area contributed by atoms with Crippen molar-refractivity contribution < 1.29 is 18.3 Å². The van der Waals surface area contributed by atoms with Gasteiger partial charge in [-0.3, -0.25) is 4.79 Å². The second kappa shape index (κ2) is 3.29. The van der Waals surface area contributed by atoms with Gasteiger partial charge < -0.3 is 5.11 Å². The van der Waals surface area contributed by atoms with Gasteiger partial charge in [0.05, 0.1) is 11.2 Å². The zero-order valence-electron chi connectivity index (χ0n) is 7.73. The number of carboxylic acids is 1. The SMILES string of the molecule is CC1CC(S(C)(=O)=O)CC1C(=O)O. The zero-order chi connectivity index (χ0) is 10.2. The van der Waals surface area contributed by atoms with Gasteiger partial charge in [-0.05, 0) is 18.8 Å². The highest BCUT2D eigenvalue weighted by Gasteiger charge is 2.40. The highest BCUT2D eigenvalue weighted by Crippen LogP contribution is 2.35. The first-order valence-electron chi connectivity index (χ1n) is 4.24. The molecule has 3 atom stereocenters. The molecule has 0 spiro atoms. The van der Waals surface area contributed by atoms with E-state index in [1.54, 1.807) is 6.92 Å². The highest BCUT2D eigenvalue weighted by molar-refractivity contribution is 7.91. The van der Waals surface area contributed by atoms with Gasteiger partial charge in [0.15, 0.2) is 0 Å². The molecule has 5 heteroatoms. The first kappa shape index (κ1) is 10.5. The maximum atomic E-state index is 11.2. The summed E-state index contributed by atoms with van der Waals surface area (Å²) in [6, 6.07) is 0. The molecule has 76 valence electrons. The number of rotatable bonds is 2. The molecule has 0 heterocycles. The predicted octanol–water partition coefficient (Wildman–Crippen LogP) is 0.530. The van der Waals surface area contributed by atoms with Crippen molar-refractivity contribution in [3.8, 4) is 0 Å². The average molecular weight is 206 g/mol. The van der Waals surface area contributed by atoms with E-state index in [9.17, 15) is 13.2 Å². The van der Waals surface area contributed by atoms with Crippen molar-refractivity contribution in [1.82, 2.24) is 0 Å². The van der Waals surface area contributed by atoms with Crippen LogP contribution in [0.2, 0.25) is 0 Å². The zero-order valence-corrected chi connectivity index (χ0v) is 8.54. The Morgan fingerprint density at radius 3 is 2.15 bits per heavy atom. The summed E-state index contributed by atoms with van der Waals surface area (Å²) in [4.78, 5) is 10.7. The fraction of sp³-hybridized carbons (Fsp3) is 0.875. The summed E-state index contributed by atoms with van der Waals surface area (Å²) in [6.07, 6.45) is 1.93. The summed E-state index contributed by atoms with van der Waals surface area (Å²) in [6.45, 7) is 1.80. The van der Waals surface area contributed by atoms with E-state index < -0.39 is 27.0 Å². The molecule has 3 unspecified atom stereocenters. The van der Waals surface area contributed by atoms with Crippen molar-refractivity contribution in [2.75, 3.05) is 6.26 Å². The fourth-order valence-corrected chi connectivity index (χ4v) is 3.09. The number of hydrogen-bond donors (Lipinski definition) is 1. The smallest absolute Gasteiger partial charge is 0.306 e. The van der Waals surface area contributed by atoms with Crippen LogP contribution in [0.1, 0.15) is 19.8 Å². The van der Waals surface area contributed by atoms with Gasteiger partial charge in [0.2, 0.25) is 0 Å². The Kier molecular flexibility index (Phi) is 2.66. The minimum absolute atomic E-state index is 0.0303. The molecule has 4 nitrogen and oxygen atoms in total. The molecule has 1 rings (SSSR count). The van der Waals surface area contributed by atoms with Crippen LogP contribution in [0.15, 0.2) is 0 Å². The van der Waals surface area contributed by atoms with Crippen molar-refractivity contribution in [3.05, 3.63) is 0 Å². The van der Waals surface area contributed by atoms with Gasteiger partial charge in [0.25, 0.3) is 0 Å². The predicted molar refractivity (Wildman–Crippen MR) is 48.2 cm³/mol. The molecule has 0 bridgehead atoms. The molecule has 0 saturated heterocycles. The molecule has 1 N–H and O–H groups in total. The second-order valence-electron chi connectivity index (χ2n) is 3.84. The molecule has 1 saturated carbocycles. The fourth-order valence-electron chi connectivity index (χ4n) is 1.88. The minimum Gasteiger partial charge on any atom is -0.481 e. The summed E-state index contributed by atoms with van der Waals surface area (Å²) in [7, 11) is -3.07. The molecule has 13 heavy (non-hydrogen) atoms. The second-order valence-corrected chi connectivity index (χ2v) is 6.17. The summed E-state index contributed by atoms with van der Waals surface area (Å²) in [5.74, 6) is -1.39. The van der Waals surface area contributed by atoms with Crippen molar-refractivity contribution in [2.45, 2.75) is 25.0 Å². The van der Waals surface area contributed by atoms with Crippen LogP contribution >= 0.6 is 0 Å². The standard InChI is InChI=1S/C8H14O4S/c1-5-3-6(13(2,11)12)4-7(5)8(9)10/h5-7H,3-4H2,1-2H3,(H,9,10). The monoisotopic (exact) mass is 206 g/mol. The van der Waals surface area contributed by atoms with Crippen LogP contribution in [0.5, 0.6) is 0 Å². The Hall–Kier alpha value is -0.580. The van der Waals surface area contributed by atoms with E-state index in [-0.39, 0.29) is 12.3 Å². The normalized spacial score (nSPS) is 34.8. The third-order valence-corrected chi connectivity index (χ3v) is 4.36. The summed E-state index contributed by atoms with van der Waals surface area (Å²) >= 11 is 0. The topological polar surface area (TPSA) is 71.4 Å². The molecule has 0 aromatic heterocycles. The van der Waals surface area contributed by atoms with Crippen molar-refractivity contribution in [1.29, 1.82) is 0 Å². The Bertz CT molecular complexity index is 306. The van der Waals surface area contributed by atoms with Gasteiger partial charge in [0.1, 0.15) is 9.84 Å². The van der Waals surface area contributed by atoms with Crippen molar-refractivity contribution >= 4 is 15.8 Å². The van der Waals surface area contributed by atoms with Gasteiger partial charge >= 0.3 is 5.97 Å². The van der Waals surface area contributed by atoms with E-state index >= 15 is 0 Å². The molecule has 0 aromatic carbocycles. The molecule has 0 aromatic rings. The number of hydrogen-bond acceptors (Lipinski definition) is 3. The van der Waals surface area contributed by atoms with E-state index in [4.69, 9.17) is 5.11 Å². The highest BCUT2D eigenvalue weighted by atomic mass is 32.2. The third kappa shape index (κ3) is 2.21. The molecular formula is C8H14O4S. The third-order valence-electron chi connectivity index (χ3n) is 2.76. The lowest BCUT2D eigenvalue weighted by Gasteiger charge is -2.07. The van der Waals surface area contributed by atoms with Crippen LogP contribution in [0.3, 0.4) is 0 Å². The first-order valence-corrected chi connectivity index (χ1v) is 6.19. The van der Waals surface area contributed by atoms with Crippen molar-refractivity contribution in [2.24, 2.45) is 11.8 Å². The number of sulfone groups is 1. The van der Waals surface area contributed by atoms with Crippen LogP contribution in [0.25, 0.3) is 0 Å². The minimum atomic E-state index is -3.07. The molecule has 1 aliphatic carbocycles. The van der Waals surface area contributed by atoms with E-state index in [0.29, 0.717) is 6.42 Å². The average Bonchev–Trinajstić information content (AvgIpc) is 2.29. The summed E-state index contributed by atoms with van der Waals surface area (Å²) in [5, 5.41) is 8.32. The number of aliphatic carboxylic acids is 1. The van der Waals surface area contributed by atoms with Gasteiger partial charge in [-0.2, -0.15) is 0 Å². The van der Waals surface area contributed by atoms with Crippen LogP contribution in [0, 0.1) is 11.8 Å². The van der Waals surface area contributed by atoms with E-state index in [0.717, 1.165) is 0 Å². The Labute approximate surface area is 77.9 Å². The molecule has 1 fully saturated rings. The van der Waals surface area contributed by atoms with Gasteiger partial charge in [-0.1, -0.05) is 6.92 Å². The van der Waals surface area contributed by atoms with Crippen molar-refractivity contribution in [3.63, 3.8) is 0 Å². The van der Waals surface area contributed by atoms with Gasteiger partial charge in [0, 0.05) is 6.26 Å². The molecular weight excluding hydrogens is 192 g/mol. The van der Waals surface area contributed by atoms with Crippen LogP contribution in [-0.4, -0.2) is 31.0 Å². The lowest BCUT2D eigenvalue weighted by molar-refractivity contribution is -0.142. The molecule has 0 radical (unpaired) electrons. The maximum absolute atomic E-state index is 11.2.